The smallest absolute Gasteiger partial charge is 0.162 e. The van der Waals surface area contributed by atoms with Gasteiger partial charge in [-0.05, 0) is 59.8 Å². The van der Waals surface area contributed by atoms with Gasteiger partial charge in [-0.25, -0.2) is 9.97 Å². The van der Waals surface area contributed by atoms with Crippen LogP contribution >= 0.6 is 0 Å². The van der Waals surface area contributed by atoms with E-state index in [9.17, 15) is 5.11 Å². The molecule has 0 saturated carbocycles. The molecule has 4 heterocycles. The van der Waals surface area contributed by atoms with Crippen molar-refractivity contribution in [3.8, 4) is 28.4 Å². The first-order chi connectivity index (χ1) is 17.4. The van der Waals surface area contributed by atoms with Gasteiger partial charge in [-0.15, -0.1) is 0 Å². The van der Waals surface area contributed by atoms with Crippen LogP contribution in [0, 0.1) is 20.8 Å². The van der Waals surface area contributed by atoms with Crippen LogP contribution in [0.2, 0.25) is 0 Å². The summed E-state index contributed by atoms with van der Waals surface area (Å²) in [5.74, 6) is 3.06. The topological polar surface area (TPSA) is 99.8 Å². The zero-order valence-corrected chi connectivity index (χ0v) is 21.8. The number of aliphatic hydroxyl groups is 1. The van der Waals surface area contributed by atoms with Crippen molar-refractivity contribution in [2.45, 2.75) is 51.8 Å². The zero-order valence-electron chi connectivity index (χ0n) is 21.8. The van der Waals surface area contributed by atoms with Crippen molar-refractivity contribution in [2.24, 2.45) is 0 Å². The van der Waals surface area contributed by atoms with Crippen LogP contribution in [-0.4, -0.2) is 83.7 Å². The maximum Gasteiger partial charge on any atom is 0.162 e. The zero-order chi connectivity index (χ0) is 25.4. The monoisotopic (exact) mass is 492 g/mol. The van der Waals surface area contributed by atoms with E-state index in [4.69, 9.17) is 19.2 Å². The normalized spacial score (nSPS) is 20.7. The molecule has 0 radical (unpaired) electrons. The molecule has 2 saturated heterocycles. The molecule has 0 amide bonds. The van der Waals surface area contributed by atoms with Gasteiger partial charge in [0.15, 0.2) is 5.82 Å². The molecular weight excluding hydrogens is 456 g/mol. The van der Waals surface area contributed by atoms with E-state index in [0.29, 0.717) is 30.2 Å². The third-order valence-corrected chi connectivity index (χ3v) is 7.27. The second-order valence-electron chi connectivity index (χ2n) is 10.1. The standard InChI is InChI=1S/C27H36N6O3/c1-16-25(24-17(2)31-36-18(24)3)29-26(19-7-6-8-23(11-19)35-15-22(34)12-28-4)30-27(16)33-20-9-10-21(33)14-32(5)13-20/h6-8,11,20-22,28,34H,9-10,12-15H2,1-5H3/t20-,21+,22?. The Bertz CT molecular complexity index is 1190. The predicted molar refractivity (Wildman–Crippen MR) is 139 cm³/mol. The Labute approximate surface area is 212 Å². The molecule has 3 aromatic rings. The number of likely N-dealkylation sites (tertiary alicyclic amines) is 1. The number of anilines is 1. The molecule has 1 unspecified atom stereocenters. The number of likely N-dealkylation sites (N-methyl/N-ethyl adjacent to an activating group) is 2. The second-order valence-corrected chi connectivity index (χ2v) is 10.1. The lowest BCUT2D eigenvalue weighted by atomic mass is 10.0. The second kappa shape index (κ2) is 10.2. The number of piperazine rings is 1. The first-order valence-corrected chi connectivity index (χ1v) is 12.7. The summed E-state index contributed by atoms with van der Waals surface area (Å²) in [5, 5.41) is 17.2. The molecule has 1 aromatic carbocycles. The highest BCUT2D eigenvalue weighted by Gasteiger charge is 2.41. The minimum Gasteiger partial charge on any atom is -0.491 e. The number of rotatable bonds is 8. The summed E-state index contributed by atoms with van der Waals surface area (Å²) >= 11 is 0. The van der Waals surface area contributed by atoms with Crippen LogP contribution in [-0.2, 0) is 0 Å². The molecule has 5 rings (SSSR count). The van der Waals surface area contributed by atoms with E-state index < -0.39 is 6.10 Å². The highest BCUT2D eigenvalue weighted by molar-refractivity contribution is 5.75. The van der Waals surface area contributed by atoms with Crippen molar-refractivity contribution < 1.29 is 14.4 Å². The Kier molecular flexibility index (Phi) is 6.96. The van der Waals surface area contributed by atoms with Gasteiger partial charge in [-0.2, -0.15) is 0 Å². The molecular formula is C27H36N6O3. The maximum absolute atomic E-state index is 10.0. The minimum atomic E-state index is -0.584. The van der Waals surface area contributed by atoms with E-state index in [2.05, 4.69) is 34.2 Å². The molecule has 2 bridgehead atoms. The number of hydrogen-bond acceptors (Lipinski definition) is 9. The van der Waals surface area contributed by atoms with E-state index in [1.165, 1.54) is 12.8 Å². The van der Waals surface area contributed by atoms with Gasteiger partial charge in [0.25, 0.3) is 0 Å². The number of nitrogens with zero attached hydrogens (tertiary/aromatic N) is 5. The fourth-order valence-corrected chi connectivity index (χ4v) is 5.62. The Balaban J connectivity index is 1.58. The molecule has 2 aromatic heterocycles. The van der Waals surface area contributed by atoms with E-state index in [-0.39, 0.29) is 6.61 Å². The summed E-state index contributed by atoms with van der Waals surface area (Å²) < 4.78 is 11.4. The average Bonchev–Trinajstić information content (AvgIpc) is 3.33. The van der Waals surface area contributed by atoms with Crippen molar-refractivity contribution in [3.05, 3.63) is 41.3 Å². The Hall–Kier alpha value is -3.01. The highest BCUT2D eigenvalue weighted by Crippen LogP contribution is 2.40. The quantitative estimate of drug-likeness (QED) is 0.492. The summed E-state index contributed by atoms with van der Waals surface area (Å²) in [6, 6.07) is 8.65. The molecule has 3 atom stereocenters. The summed E-state index contributed by atoms with van der Waals surface area (Å²) in [7, 11) is 4.01. The average molecular weight is 493 g/mol. The van der Waals surface area contributed by atoms with Gasteiger partial charge in [-0.1, -0.05) is 17.3 Å². The summed E-state index contributed by atoms with van der Waals surface area (Å²) in [6.45, 7) is 8.75. The number of aliphatic hydroxyl groups excluding tert-OH is 1. The van der Waals surface area contributed by atoms with Crippen molar-refractivity contribution >= 4 is 5.82 Å². The van der Waals surface area contributed by atoms with Gasteiger partial charge in [0.2, 0.25) is 0 Å². The van der Waals surface area contributed by atoms with Crippen LogP contribution in [0.1, 0.15) is 29.9 Å². The number of hydrogen-bond donors (Lipinski definition) is 2. The molecule has 192 valence electrons. The third-order valence-electron chi connectivity index (χ3n) is 7.27. The number of ether oxygens (including phenoxy) is 1. The Morgan fingerprint density at radius 1 is 1.17 bits per heavy atom. The Morgan fingerprint density at radius 3 is 2.58 bits per heavy atom. The molecule has 9 heteroatoms. The maximum atomic E-state index is 10.0. The number of benzene rings is 1. The fraction of sp³-hybridized carbons (Fsp3) is 0.519. The van der Waals surface area contributed by atoms with Crippen LogP contribution in [0.5, 0.6) is 5.75 Å². The lowest BCUT2D eigenvalue weighted by Gasteiger charge is -2.41. The molecule has 2 fully saturated rings. The largest absolute Gasteiger partial charge is 0.491 e. The van der Waals surface area contributed by atoms with E-state index >= 15 is 0 Å². The van der Waals surface area contributed by atoms with E-state index in [1.54, 1.807) is 7.05 Å². The van der Waals surface area contributed by atoms with Crippen molar-refractivity contribution in [2.75, 3.05) is 45.2 Å². The van der Waals surface area contributed by atoms with Gasteiger partial charge in [0.05, 0.1) is 17.0 Å². The summed E-state index contributed by atoms with van der Waals surface area (Å²) in [4.78, 5) is 15.2. The van der Waals surface area contributed by atoms with Crippen LogP contribution < -0.4 is 15.0 Å². The lowest BCUT2D eigenvalue weighted by Crippen LogP contribution is -2.53. The van der Waals surface area contributed by atoms with Gasteiger partial charge >= 0.3 is 0 Å². The SMILES string of the molecule is CNCC(O)COc1cccc(-c2nc(-c3c(C)noc3C)c(C)c(N3[C@@H]4CC[C@H]3CN(C)C4)n2)c1. The van der Waals surface area contributed by atoms with E-state index in [1.807, 2.05) is 38.1 Å². The van der Waals surface area contributed by atoms with Crippen molar-refractivity contribution in [1.82, 2.24) is 25.3 Å². The predicted octanol–water partition coefficient (Wildman–Crippen LogP) is 2.97. The molecule has 9 nitrogen and oxygen atoms in total. The van der Waals surface area contributed by atoms with Crippen LogP contribution in [0.25, 0.3) is 22.6 Å². The van der Waals surface area contributed by atoms with Crippen molar-refractivity contribution in [3.63, 3.8) is 0 Å². The molecule has 2 N–H and O–H groups in total. The number of aryl methyl sites for hydroxylation is 2. The van der Waals surface area contributed by atoms with Gasteiger partial charge in [0.1, 0.15) is 30.0 Å². The highest BCUT2D eigenvalue weighted by atomic mass is 16.5. The Morgan fingerprint density at radius 2 is 1.92 bits per heavy atom. The molecule has 2 aliphatic heterocycles. The van der Waals surface area contributed by atoms with E-state index in [0.717, 1.165) is 52.7 Å². The molecule has 36 heavy (non-hydrogen) atoms. The van der Waals surface area contributed by atoms with Crippen LogP contribution in [0.15, 0.2) is 28.8 Å². The van der Waals surface area contributed by atoms with Crippen LogP contribution in [0.4, 0.5) is 5.82 Å². The van der Waals surface area contributed by atoms with Gasteiger partial charge in [-0.3, -0.25) is 0 Å². The number of nitrogens with one attached hydrogen (secondary N) is 1. The summed E-state index contributed by atoms with van der Waals surface area (Å²) in [5.41, 5.74) is 4.54. The lowest BCUT2D eigenvalue weighted by molar-refractivity contribution is 0.108. The van der Waals surface area contributed by atoms with Gasteiger partial charge < -0.3 is 29.5 Å². The fourth-order valence-electron chi connectivity index (χ4n) is 5.62. The van der Waals surface area contributed by atoms with Gasteiger partial charge in [0, 0.05) is 42.8 Å². The molecule has 0 spiro atoms. The summed E-state index contributed by atoms with van der Waals surface area (Å²) in [6.07, 6.45) is 1.76. The van der Waals surface area contributed by atoms with Crippen molar-refractivity contribution in [1.29, 1.82) is 0 Å². The third kappa shape index (κ3) is 4.70. The minimum absolute atomic E-state index is 0.208. The molecule has 0 aliphatic carbocycles. The number of fused-ring (bicyclic) bond motifs is 2. The molecule has 2 aliphatic rings. The first kappa shape index (κ1) is 24.7. The first-order valence-electron chi connectivity index (χ1n) is 12.7. The van der Waals surface area contributed by atoms with Crippen LogP contribution in [0.3, 0.4) is 0 Å². The number of aromatic nitrogens is 3.